The topological polar surface area (TPSA) is 105 Å². The normalized spacial score (nSPS) is 15.3. The highest BCUT2D eigenvalue weighted by Crippen LogP contribution is 2.44. The minimum absolute atomic E-state index is 0.0601. The second-order valence-corrected chi connectivity index (χ2v) is 9.18. The molecule has 3 aromatic carbocycles. The monoisotopic (exact) mass is 470 g/mol. The maximum atomic E-state index is 13.1. The maximum absolute atomic E-state index is 13.1. The van der Waals surface area contributed by atoms with Crippen LogP contribution < -0.4 is 10.6 Å². The minimum Gasteiger partial charge on any atom is -0.478 e. The molecule has 2 aliphatic carbocycles. The number of amides is 2. The molecule has 35 heavy (non-hydrogen) atoms. The van der Waals surface area contributed by atoms with Gasteiger partial charge < -0.3 is 20.5 Å². The highest BCUT2D eigenvalue weighted by atomic mass is 16.5. The van der Waals surface area contributed by atoms with Crippen LogP contribution >= 0.6 is 0 Å². The second kappa shape index (κ2) is 8.91. The van der Waals surface area contributed by atoms with Crippen molar-refractivity contribution in [1.29, 1.82) is 0 Å². The lowest BCUT2D eigenvalue weighted by molar-refractivity contribution is -0.125. The number of carbonyl (C=O) groups excluding carboxylic acids is 2. The Bertz CT molecular complexity index is 1280. The average molecular weight is 471 g/mol. The van der Waals surface area contributed by atoms with Crippen molar-refractivity contribution in [2.45, 2.75) is 37.6 Å². The lowest BCUT2D eigenvalue weighted by atomic mass is 9.76. The molecule has 5 rings (SSSR count). The second-order valence-electron chi connectivity index (χ2n) is 9.18. The summed E-state index contributed by atoms with van der Waals surface area (Å²) in [5.74, 6) is -1.41. The molecule has 1 fully saturated rings. The van der Waals surface area contributed by atoms with Crippen molar-refractivity contribution in [3.8, 4) is 11.1 Å². The first-order chi connectivity index (χ1) is 16.9. The summed E-state index contributed by atoms with van der Waals surface area (Å²) < 4.78 is 5.64. The molecule has 3 aromatic rings. The Morgan fingerprint density at radius 1 is 0.971 bits per heavy atom. The van der Waals surface area contributed by atoms with Gasteiger partial charge in [0.2, 0.25) is 5.91 Å². The van der Waals surface area contributed by atoms with Crippen LogP contribution in [-0.4, -0.2) is 35.2 Å². The molecule has 1 saturated carbocycles. The van der Waals surface area contributed by atoms with E-state index in [1.807, 2.05) is 24.3 Å². The number of alkyl carbamates (subject to hydrolysis) is 1. The molecule has 0 heterocycles. The number of anilines is 1. The van der Waals surface area contributed by atoms with Crippen LogP contribution in [0.3, 0.4) is 0 Å². The number of carboxylic acid groups (broad SMARTS) is 1. The van der Waals surface area contributed by atoms with Gasteiger partial charge in [-0.25, -0.2) is 9.59 Å². The Kier molecular flexibility index (Phi) is 5.76. The number of hydrogen-bond donors (Lipinski definition) is 3. The third-order valence-electron chi connectivity index (χ3n) is 7.04. The Morgan fingerprint density at radius 3 is 2.14 bits per heavy atom. The molecule has 0 saturated heterocycles. The van der Waals surface area contributed by atoms with E-state index in [0.717, 1.165) is 28.7 Å². The molecule has 3 N–H and O–H groups in total. The van der Waals surface area contributed by atoms with Crippen molar-refractivity contribution in [3.63, 3.8) is 0 Å². The van der Waals surface area contributed by atoms with Crippen molar-refractivity contribution in [2.75, 3.05) is 11.9 Å². The first kappa shape index (κ1) is 22.7. The maximum Gasteiger partial charge on any atom is 0.408 e. The minimum atomic E-state index is -1.04. The van der Waals surface area contributed by atoms with E-state index in [1.54, 1.807) is 19.1 Å². The van der Waals surface area contributed by atoms with Crippen molar-refractivity contribution in [1.82, 2.24) is 5.32 Å². The SMILES string of the molecule is Cc1cc(NC(=O)C2(NC(=O)OCC3c4ccccc4-c4ccccc43)CCC2)ccc1C(=O)O. The molecular formula is C28H26N2O5. The molecule has 0 radical (unpaired) electrons. The fourth-order valence-corrected chi connectivity index (χ4v) is 5.00. The number of hydrogen-bond acceptors (Lipinski definition) is 4. The number of carbonyl (C=O) groups is 3. The molecule has 178 valence electrons. The summed E-state index contributed by atoms with van der Waals surface area (Å²) in [6.07, 6.45) is 1.21. The fraction of sp³-hybridized carbons (Fsp3) is 0.250. The van der Waals surface area contributed by atoms with E-state index >= 15 is 0 Å². The van der Waals surface area contributed by atoms with Crippen molar-refractivity contribution in [3.05, 3.63) is 89.0 Å². The Labute approximate surface area is 203 Å². The molecule has 2 aliphatic rings. The Morgan fingerprint density at radius 2 is 1.60 bits per heavy atom. The van der Waals surface area contributed by atoms with Gasteiger partial charge in [-0.1, -0.05) is 48.5 Å². The number of rotatable bonds is 6. The van der Waals surface area contributed by atoms with Gasteiger partial charge in [0, 0.05) is 11.6 Å². The van der Waals surface area contributed by atoms with Gasteiger partial charge in [-0.2, -0.15) is 0 Å². The van der Waals surface area contributed by atoms with Gasteiger partial charge in [-0.3, -0.25) is 4.79 Å². The molecular weight excluding hydrogens is 444 g/mol. The van der Waals surface area contributed by atoms with E-state index in [1.165, 1.54) is 6.07 Å². The first-order valence-electron chi connectivity index (χ1n) is 11.7. The number of aromatic carboxylic acids is 1. The summed E-state index contributed by atoms with van der Waals surface area (Å²) in [5.41, 5.74) is 4.71. The molecule has 0 unspecified atom stereocenters. The number of fused-ring (bicyclic) bond motifs is 3. The molecule has 0 spiro atoms. The zero-order chi connectivity index (χ0) is 24.6. The van der Waals surface area contributed by atoms with Gasteiger partial charge in [0.15, 0.2) is 0 Å². The largest absolute Gasteiger partial charge is 0.478 e. The van der Waals surface area contributed by atoms with Crippen molar-refractivity contribution >= 4 is 23.7 Å². The molecule has 7 heteroatoms. The van der Waals surface area contributed by atoms with Crippen LogP contribution in [0.1, 0.15) is 52.2 Å². The number of carboxylic acids is 1. The van der Waals surface area contributed by atoms with Crippen LogP contribution in [0.15, 0.2) is 66.7 Å². The highest BCUT2D eigenvalue weighted by Gasteiger charge is 2.46. The average Bonchev–Trinajstić information content (AvgIpc) is 3.13. The quantitative estimate of drug-likeness (QED) is 0.465. The summed E-state index contributed by atoms with van der Waals surface area (Å²) in [6, 6.07) is 20.8. The van der Waals surface area contributed by atoms with Crippen LogP contribution in [0, 0.1) is 6.92 Å². The molecule has 0 bridgehead atoms. The molecule has 0 atom stereocenters. The van der Waals surface area contributed by atoms with Crippen LogP contribution in [0.25, 0.3) is 11.1 Å². The third kappa shape index (κ3) is 4.14. The van der Waals surface area contributed by atoms with E-state index in [4.69, 9.17) is 4.74 Å². The smallest absolute Gasteiger partial charge is 0.408 e. The van der Waals surface area contributed by atoms with Crippen LogP contribution in [-0.2, 0) is 9.53 Å². The highest BCUT2D eigenvalue weighted by molar-refractivity contribution is 6.01. The lowest BCUT2D eigenvalue weighted by Gasteiger charge is -2.40. The molecule has 7 nitrogen and oxygen atoms in total. The van der Waals surface area contributed by atoms with E-state index < -0.39 is 17.6 Å². The predicted molar refractivity (Wildman–Crippen MR) is 132 cm³/mol. The van der Waals surface area contributed by atoms with Gasteiger partial charge in [0.25, 0.3) is 0 Å². The van der Waals surface area contributed by atoms with Crippen LogP contribution in [0.2, 0.25) is 0 Å². The molecule has 0 aliphatic heterocycles. The number of ether oxygens (including phenoxy) is 1. The van der Waals surface area contributed by atoms with E-state index in [9.17, 15) is 19.5 Å². The summed E-state index contributed by atoms with van der Waals surface area (Å²) in [6.45, 7) is 1.85. The van der Waals surface area contributed by atoms with Gasteiger partial charge in [-0.15, -0.1) is 0 Å². The number of benzene rings is 3. The van der Waals surface area contributed by atoms with Gasteiger partial charge in [0.1, 0.15) is 12.1 Å². The van der Waals surface area contributed by atoms with Crippen molar-refractivity contribution in [2.24, 2.45) is 0 Å². The Hall–Kier alpha value is -4.13. The fourth-order valence-electron chi connectivity index (χ4n) is 5.00. The van der Waals surface area contributed by atoms with Gasteiger partial charge in [-0.05, 0) is 72.2 Å². The van der Waals surface area contributed by atoms with Crippen LogP contribution in [0.5, 0.6) is 0 Å². The van der Waals surface area contributed by atoms with E-state index in [0.29, 0.717) is 24.1 Å². The third-order valence-corrected chi connectivity index (χ3v) is 7.04. The predicted octanol–water partition coefficient (Wildman–Crippen LogP) is 5.09. The number of nitrogens with one attached hydrogen (secondary N) is 2. The van der Waals surface area contributed by atoms with E-state index in [-0.39, 0.29) is 24.0 Å². The van der Waals surface area contributed by atoms with Gasteiger partial charge in [0.05, 0.1) is 5.56 Å². The van der Waals surface area contributed by atoms with Crippen molar-refractivity contribution < 1.29 is 24.2 Å². The summed E-state index contributed by atoms with van der Waals surface area (Å²) >= 11 is 0. The number of aryl methyl sites for hydroxylation is 1. The Balaban J connectivity index is 1.25. The standard InChI is InChI=1S/C28H26N2O5/c1-17-15-18(11-12-19(17)25(31)32)29-26(33)28(13-6-14-28)30-27(34)35-16-24-22-9-4-2-7-20(22)21-8-3-5-10-23(21)24/h2-5,7-12,15,24H,6,13-14,16H2,1H3,(H,29,33)(H,30,34)(H,31,32). The summed E-state index contributed by atoms with van der Waals surface area (Å²) in [4.78, 5) is 37.1. The van der Waals surface area contributed by atoms with Crippen LogP contribution in [0.4, 0.5) is 10.5 Å². The molecule has 0 aromatic heterocycles. The van der Waals surface area contributed by atoms with Gasteiger partial charge >= 0.3 is 12.1 Å². The van der Waals surface area contributed by atoms with E-state index in [2.05, 4.69) is 34.9 Å². The lowest BCUT2D eigenvalue weighted by Crippen LogP contribution is -2.61. The zero-order valence-corrected chi connectivity index (χ0v) is 19.3. The first-order valence-corrected chi connectivity index (χ1v) is 11.7. The summed E-state index contributed by atoms with van der Waals surface area (Å²) in [7, 11) is 0. The molecule has 2 amide bonds. The zero-order valence-electron chi connectivity index (χ0n) is 19.3. The summed E-state index contributed by atoms with van der Waals surface area (Å²) in [5, 5.41) is 14.8.